The summed E-state index contributed by atoms with van der Waals surface area (Å²) >= 11 is 0. The second-order valence-corrected chi connectivity index (χ2v) is 8.73. The molecule has 1 aliphatic heterocycles. The molecular weight excluding hydrogens is 362 g/mol. The maximum atomic E-state index is 12.7. The summed E-state index contributed by atoms with van der Waals surface area (Å²) in [4.78, 5) is 16.7. The Labute approximate surface area is 160 Å². The number of sulfonamides is 1. The molecule has 0 bridgehead atoms. The van der Waals surface area contributed by atoms with Gasteiger partial charge in [-0.2, -0.15) is 0 Å². The van der Waals surface area contributed by atoms with E-state index in [1.165, 1.54) is 12.1 Å². The number of hydrogen-bond acceptors (Lipinski definition) is 4. The molecule has 1 fully saturated rings. The first-order valence-electron chi connectivity index (χ1n) is 8.94. The molecule has 0 aromatic heterocycles. The molecule has 0 aliphatic carbocycles. The van der Waals surface area contributed by atoms with Crippen LogP contribution in [0.15, 0.2) is 47.4 Å². The molecule has 3 rings (SSSR count). The lowest BCUT2D eigenvalue weighted by Gasteiger charge is -2.32. The van der Waals surface area contributed by atoms with Crippen molar-refractivity contribution >= 4 is 21.6 Å². The van der Waals surface area contributed by atoms with Crippen LogP contribution in [0.2, 0.25) is 0 Å². The van der Waals surface area contributed by atoms with Gasteiger partial charge in [0.2, 0.25) is 0 Å². The molecule has 144 valence electrons. The number of aryl methyl sites for hydroxylation is 2. The number of anilines is 1. The number of piperazine rings is 1. The van der Waals surface area contributed by atoms with Gasteiger partial charge >= 0.3 is 0 Å². The summed E-state index contributed by atoms with van der Waals surface area (Å²) < 4.78 is 28.0. The highest BCUT2D eigenvalue weighted by Crippen LogP contribution is 2.21. The maximum absolute atomic E-state index is 12.7. The van der Waals surface area contributed by atoms with E-state index in [0.717, 1.165) is 24.2 Å². The summed E-state index contributed by atoms with van der Waals surface area (Å²) in [5.41, 5.74) is 2.90. The standard InChI is InChI=1S/C20H25N3O3S/c1-15-4-5-16(2)19(14-15)21-27(25,26)18-8-6-17(7-9-18)20(24)23-12-10-22(3)11-13-23/h4-9,14,21H,10-13H2,1-3H3. The van der Waals surface area contributed by atoms with E-state index in [1.807, 2.05) is 33.0 Å². The SMILES string of the molecule is Cc1ccc(C)c(NS(=O)(=O)c2ccc(C(=O)N3CCN(C)CC3)cc2)c1. The minimum absolute atomic E-state index is 0.0606. The predicted molar refractivity (Wildman–Crippen MR) is 107 cm³/mol. The first-order chi connectivity index (χ1) is 12.8. The van der Waals surface area contributed by atoms with Crippen LogP contribution in [0.3, 0.4) is 0 Å². The summed E-state index contributed by atoms with van der Waals surface area (Å²) in [5, 5.41) is 0. The minimum Gasteiger partial charge on any atom is -0.336 e. The third-order valence-electron chi connectivity index (χ3n) is 4.84. The van der Waals surface area contributed by atoms with Gasteiger partial charge in [0.25, 0.3) is 15.9 Å². The van der Waals surface area contributed by atoms with E-state index in [9.17, 15) is 13.2 Å². The molecule has 1 saturated heterocycles. The fraction of sp³-hybridized carbons (Fsp3) is 0.350. The number of rotatable bonds is 4. The van der Waals surface area contributed by atoms with Gasteiger partial charge in [0.05, 0.1) is 10.6 Å². The van der Waals surface area contributed by atoms with Gasteiger partial charge in [-0.05, 0) is 62.4 Å². The molecule has 27 heavy (non-hydrogen) atoms. The first-order valence-corrected chi connectivity index (χ1v) is 10.4. The number of nitrogens with one attached hydrogen (secondary N) is 1. The molecule has 0 spiro atoms. The Kier molecular flexibility index (Phi) is 5.53. The van der Waals surface area contributed by atoms with Gasteiger partial charge < -0.3 is 9.80 Å². The topological polar surface area (TPSA) is 69.7 Å². The summed E-state index contributed by atoms with van der Waals surface area (Å²) in [7, 11) is -1.68. The van der Waals surface area contributed by atoms with Crippen molar-refractivity contribution in [3.8, 4) is 0 Å². The van der Waals surface area contributed by atoms with Gasteiger partial charge in [0.15, 0.2) is 0 Å². The molecule has 0 atom stereocenters. The number of benzene rings is 2. The number of amides is 1. The largest absolute Gasteiger partial charge is 0.336 e. The summed E-state index contributed by atoms with van der Waals surface area (Å²) in [6.45, 7) is 6.83. The van der Waals surface area contributed by atoms with Crippen molar-refractivity contribution in [1.29, 1.82) is 0 Å². The third kappa shape index (κ3) is 4.48. The monoisotopic (exact) mass is 387 g/mol. The van der Waals surface area contributed by atoms with Crippen LogP contribution in [0.5, 0.6) is 0 Å². The number of carbonyl (C=O) groups is 1. The van der Waals surface area contributed by atoms with Crippen LogP contribution >= 0.6 is 0 Å². The Hall–Kier alpha value is -2.38. The molecule has 6 nitrogen and oxygen atoms in total. The predicted octanol–water partition coefficient (Wildman–Crippen LogP) is 2.49. The van der Waals surface area contributed by atoms with Crippen molar-refractivity contribution in [2.45, 2.75) is 18.7 Å². The Balaban J connectivity index is 1.76. The van der Waals surface area contributed by atoms with Crippen LogP contribution in [0.25, 0.3) is 0 Å². The smallest absolute Gasteiger partial charge is 0.261 e. The zero-order valence-corrected chi connectivity index (χ0v) is 16.7. The highest BCUT2D eigenvalue weighted by Gasteiger charge is 2.21. The van der Waals surface area contributed by atoms with Gasteiger partial charge in [0, 0.05) is 31.7 Å². The van der Waals surface area contributed by atoms with Crippen molar-refractivity contribution in [2.75, 3.05) is 37.9 Å². The average molecular weight is 388 g/mol. The lowest BCUT2D eigenvalue weighted by Crippen LogP contribution is -2.47. The number of hydrogen-bond donors (Lipinski definition) is 1. The van der Waals surface area contributed by atoms with E-state index >= 15 is 0 Å². The Morgan fingerprint density at radius 3 is 2.22 bits per heavy atom. The van der Waals surface area contributed by atoms with E-state index < -0.39 is 10.0 Å². The molecule has 0 saturated carbocycles. The van der Waals surface area contributed by atoms with Crippen molar-refractivity contribution in [3.05, 3.63) is 59.2 Å². The first kappa shape index (κ1) is 19.4. The summed E-state index contributed by atoms with van der Waals surface area (Å²) in [5.74, 6) is -0.0606. The lowest BCUT2D eigenvalue weighted by atomic mass is 10.1. The lowest BCUT2D eigenvalue weighted by molar-refractivity contribution is 0.0664. The van der Waals surface area contributed by atoms with E-state index in [1.54, 1.807) is 23.1 Å². The second kappa shape index (κ2) is 7.70. The van der Waals surface area contributed by atoms with Crippen LogP contribution < -0.4 is 4.72 Å². The van der Waals surface area contributed by atoms with Gasteiger partial charge in [-0.15, -0.1) is 0 Å². The van der Waals surface area contributed by atoms with Gasteiger partial charge in [-0.1, -0.05) is 12.1 Å². The Morgan fingerprint density at radius 1 is 0.963 bits per heavy atom. The summed E-state index contributed by atoms with van der Waals surface area (Å²) in [6, 6.07) is 11.7. The average Bonchev–Trinajstić information content (AvgIpc) is 2.65. The highest BCUT2D eigenvalue weighted by atomic mass is 32.2. The fourth-order valence-electron chi connectivity index (χ4n) is 3.02. The number of carbonyl (C=O) groups excluding carboxylic acids is 1. The number of nitrogens with zero attached hydrogens (tertiary/aromatic N) is 2. The normalized spacial score (nSPS) is 15.6. The molecule has 1 heterocycles. The fourth-order valence-corrected chi connectivity index (χ4v) is 4.14. The molecule has 0 radical (unpaired) electrons. The molecular formula is C20H25N3O3S. The summed E-state index contributed by atoms with van der Waals surface area (Å²) in [6.07, 6.45) is 0. The van der Waals surface area contributed by atoms with Crippen LogP contribution in [-0.2, 0) is 10.0 Å². The van der Waals surface area contributed by atoms with Crippen LogP contribution in [0, 0.1) is 13.8 Å². The van der Waals surface area contributed by atoms with E-state index in [-0.39, 0.29) is 10.8 Å². The highest BCUT2D eigenvalue weighted by molar-refractivity contribution is 7.92. The molecule has 1 N–H and O–H groups in total. The van der Waals surface area contributed by atoms with Crippen molar-refractivity contribution in [3.63, 3.8) is 0 Å². The van der Waals surface area contributed by atoms with Gasteiger partial charge in [0.1, 0.15) is 0 Å². The zero-order valence-electron chi connectivity index (χ0n) is 15.9. The van der Waals surface area contributed by atoms with Crippen LogP contribution in [0.1, 0.15) is 21.5 Å². The third-order valence-corrected chi connectivity index (χ3v) is 6.22. The van der Waals surface area contributed by atoms with E-state index in [4.69, 9.17) is 0 Å². The van der Waals surface area contributed by atoms with Crippen molar-refractivity contribution in [2.24, 2.45) is 0 Å². The van der Waals surface area contributed by atoms with Crippen LogP contribution in [-0.4, -0.2) is 57.4 Å². The molecule has 2 aromatic rings. The van der Waals surface area contributed by atoms with Gasteiger partial charge in [-0.25, -0.2) is 8.42 Å². The van der Waals surface area contributed by atoms with E-state index in [0.29, 0.717) is 24.3 Å². The van der Waals surface area contributed by atoms with Gasteiger partial charge in [-0.3, -0.25) is 9.52 Å². The molecule has 1 aliphatic rings. The zero-order chi connectivity index (χ0) is 19.6. The Bertz CT molecular complexity index is 931. The molecule has 7 heteroatoms. The maximum Gasteiger partial charge on any atom is 0.261 e. The van der Waals surface area contributed by atoms with E-state index in [2.05, 4.69) is 9.62 Å². The van der Waals surface area contributed by atoms with Crippen molar-refractivity contribution < 1.29 is 13.2 Å². The molecule has 2 aromatic carbocycles. The number of likely N-dealkylation sites (N-methyl/N-ethyl adjacent to an activating group) is 1. The second-order valence-electron chi connectivity index (χ2n) is 7.04. The molecule has 0 unspecified atom stereocenters. The Morgan fingerprint density at radius 2 is 1.59 bits per heavy atom. The quantitative estimate of drug-likeness (QED) is 0.875. The molecule has 1 amide bonds. The van der Waals surface area contributed by atoms with Crippen LogP contribution in [0.4, 0.5) is 5.69 Å². The van der Waals surface area contributed by atoms with Crippen molar-refractivity contribution in [1.82, 2.24) is 9.80 Å². The minimum atomic E-state index is -3.71.